The van der Waals surface area contributed by atoms with Crippen molar-refractivity contribution in [3.05, 3.63) is 62.5 Å². The van der Waals surface area contributed by atoms with Crippen LogP contribution in [0.4, 0.5) is 0 Å². The van der Waals surface area contributed by atoms with E-state index in [9.17, 15) is 9.59 Å². The van der Waals surface area contributed by atoms with E-state index in [4.69, 9.17) is 0 Å². The molecule has 0 spiro atoms. The molecule has 4 heterocycles. The van der Waals surface area contributed by atoms with E-state index >= 15 is 0 Å². The molecule has 9 heteroatoms. The minimum absolute atomic E-state index is 0.0616. The average molecular weight is 453 g/mol. The number of rotatable bonds is 4. The number of hydrogen-bond donors (Lipinski definition) is 3. The van der Waals surface area contributed by atoms with Crippen molar-refractivity contribution in [3.63, 3.8) is 0 Å². The maximum atomic E-state index is 13.0. The number of benzene rings is 1. The molecule has 2 unspecified atom stereocenters. The van der Waals surface area contributed by atoms with Gasteiger partial charge in [-0.15, -0.1) is 11.3 Å². The lowest BCUT2D eigenvalue weighted by atomic mass is 10.0. The summed E-state index contributed by atoms with van der Waals surface area (Å²) in [5.74, 6) is 0.837. The topological polar surface area (TPSA) is 93.4 Å². The molecule has 2 saturated heterocycles. The molecule has 2 atom stereocenters. The third-order valence-electron chi connectivity index (χ3n) is 6.55. The number of nitrogens with zero attached hydrogens (tertiary/aromatic N) is 3. The Morgan fingerprint density at radius 2 is 1.88 bits per heavy atom. The highest BCUT2D eigenvalue weighted by Gasteiger charge is 2.34. The van der Waals surface area contributed by atoms with Crippen molar-refractivity contribution >= 4 is 27.5 Å². The Balaban J connectivity index is 1.17. The molecule has 2 aromatic heterocycles. The summed E-state index contributed by atoms with van der Waals surface area (Å²) in [6, 6.07) is 10.1. The van der Waals surface area contributed by atoms with Crippen molar-refractivity contribution in [2.75, 3.05) is 26.2 Å². The van der Waals surface area contributed by atoms with Gasteiger partial charge in [-0.2, -0.15) is 0 Å². The molecule has 3 N–H and O–H groups in total. The maximum Gasteiger partial charge on any atom is 0.259 e. The summed E-state index contributed by atoms with van der Waals surface area (Å²) in [5.41, 5.74) is 8.58. The Morgan fingerprint density at radius 1 is 1.12 bits per heavy atom. The predicted octanol–water partition coefficient (Wildman–Crippen LogP) is 1.85. The first kappa shape index (κ1) is 21.3. The number of H-pyrrole nitrogens is 1. The van der Waals surface area contributed by atoms with Crippen LogP contribution in [-0.2, 0) is 11.3 Å². The van der Waals surface area contributed by atoms with Crippen LogP contribution in [0, 0.1) is 13.8 Å². The molecule has 1 aromatic carbocycles. The maximum absolute atomic E-state index is 13.0. The van der Waals surface area contributed by atoms with Gasteiger partial charge in [-0.25, -0.2) is 15.8 Å². The molecule has 168 valence electrons. The van der Waals surface area contributed by atoms with Crippen LogP contribution < -0.4 is 16.4 Å². The zero-order valence-corrected chi connectivity index (χ0v) is 19.2. The van der Waals surface area contributed by atoms with Gasteiger partial charge in [0, 0.05) is 37.1 Å². The summed E-state index contributed by atoms with van der Waals surface area (Å²) >= 11 is 1.57. The molecule has 5 rings (SSSR count). The fraction of sp³-hybridized carbons (Fsp3) is 0.435. The molecule has 0 saturated carbocycles. The molecule has 1 amide bonds. The number of aromatic nitrogens is 2. The second kappa shape index (κ2) is 8.74. The van der Waals surface area contributed by atoms with Gasteiger partial charge in [0.1, 0.15) is 16.7 Å². The Hall–Kier alpha value is -2.59. The number of hydrogen-bond acceptors (Lipinski definition) is 7. The Labute approximate surface area is 190 Å². The molecule has 32 heavy (non-hydrogen) atoms. The number of fused-ring (bicyclic) bond motifs is 1. The third-order valence-corrected chi connectivity index (χ3v) is 7.65. The zero-order chi connectivity index (χ0) is 22.2. The van der Waals surface area contributed by atoms with Gasteiger partial charge in [0.25, 0.3) is 5.56 Å². The first-order valence-corrected chi connectivity index (χ1v) is 11.9. The van der Waals surface area contributed by atoms with Crippen molar-refractivity contribution in [2.45, 2.75) is 38.9 Å². The van der Waals surface area contributed by atoms with E-state index in [0.717, 1.165) is 34.8 Å². The highest BCUT2D eigenvalue weighted by Crippen LogP contribution is 2.26. The van der Waals surface area contributed by atoms with Gasteiger partial charge in [-0.05, 0) is 31.4 Å². The number of hydrazine groups is 1. The molecule has 3 aromatic rings. The highest BCUT2D eigenvalue weighted by molar-refractivity contribution is 7.18. The van der Waals surface area contributed by atoms with Crippen LogP contribution in [0.5, 0.6) is 0 Å². The predicted molar refractivity (Wildman–Crippen MR) is 125 cm³/mol. The Bertz CT molecular complexity index is 1180. The fourth-order valence-corrected chi connectivity index (χ4v) is 5.60. The molecule has 8 nitrogen and oxygen atoms in total. The second-order valence-electron chi connectivity index (χ2n) is 8.62. The molecule has 2 aliphatic heterocycles. The van der Waals surface area contributed by atoms with Gasteiger partial charge in [0.05, 0.1) is 11.9 Å². The number of amides is 1. The molecule has 0 radical (unpaired) electrons. The van der Waals surface area contributed by atoms with E-state index in [1.165, 1.54) is 5.56 Å². The van der Waals surface area contributed by atoms with Crippen LogP contribution in [0.3, 0.4) is 0 Å². The first-order chi connectivity index (χ1) is 15.5. The van der Waals surface area contributed by atoms with Crippen LogP contribution >= 0.6 is 11.3 Å². The minimum Gasteiger partial charge on any atom is -0.339 e. The zero-order valence-electron chi connectivity index (χ0n) is 18.4. The normalized spacial score (nSPS) is 22.0. The van der Waals surface area contributed by atoms with Crippen LogP contribution in [0.15, 0.2) is 35.1 Å². The lowest BCUT2D eigenvalue weighted by Gasteiger charge is -2.35. The number of aromatic amines is 1. The largest absolute Gasteiger partial charge is 0.339 e. The van der Waals surface area contributed by atoms with E-state index in [2.05, 4.69) is 37.9 Å². The average Bonchev–Trinajstić information content (AvgIpc) is 3.40. The second-order valence-corrected chi connectivity index (χ2v) is 9.82. The van der Waals surface area contributed by atoms with Gasteiger partial charge in [0.2, 0.25) is 5.91 Å². The van der Waals surface area contributed by atoms with Gasteiger partial charge in [0.15, 0.2) is 0 Å². The molecule has 0 bridgehead atoms. The van der Waals surface area contributed by atoms with Gasteiger partial charge in [-0.1, -0.05) is 30.3 Å². The summed E-state index contributed by atoms with van der Waals surface area (Å²) in [4.78, 5) is 39.3. The van der Waals surface area contributed by atoms with Crippen LogP contribution in [0.2, 0.25) is 0 Å². The van der Waals surface area contributed by atoms with Crippen LogP contribution in [-0.4, -0.2) is 57.9 Å². The van der Waals surface area contributed by atoms with Crippen LogP contribution in [0.1, 0.15) is 34.3 Å². The summed E-state index contributed by atoms with van der Waals surface area (Å²) in [6.45, 7) is 7.46. The van der Waals surface area contributed by atoms with Crippen molar-refractivity contribution in [3.8, 4) is 0 Å². The summed E-state index contributed by atoms with van der Waals surface area (Å²) in [6.07, 6.45) is 0.744. The summed E-state index contributed by atoms with van der Waals surface area (Å²) < 4.78 is 0. The van der Waals surface area contributed by atoms with Gasteiger partial charge < -0.3 is 9.88 Å². The standard InChI is InChI=1S/C23H28N6O2S/c1-14-15(2)32-22-20(14)21(30)24-19(25-22)13-28-8-10-29(11-9-28)23(31)18-12-17(26-27-18)16-6-4-3-5-7-16/h3-7,17-18,26-27H,8-13H2,1-2H3,(H,24,25,30). The summed E-state index contributed by atoms with van der Waals surface area (Å²) in [7, 11) is 0. The number of aryl methyl sites for hydroxylation is 2. The molecular weight excluding hydrogens is 424 g/mol. The smallest absolute Gasteiger partial charge is 0.259 e. The Kier molecular flexibility index (Phi) is 5.81. The minimum atomic E-state index is -0.211. The SMILES string of the molecule is Cc1sc2nc(CN3CCN(C(=O)C4CC(c5ccccc5)NN4)CC3)[nH]c(=O)c2c1C. The lowest BCUT2D eigenvalue weighted by molar-refractivity contribution is -0.135. The quantitative estimate of drug-likeness (QED) is 0.560. The number of carbonyl (C=O) groups excluding carboxylic acids is 1. The third kappa shape index (κ3) is 4.09. The highest BCUT2D eigenvalue weighted by atomic mass is 32.1. The molecule has 2 fully saturated rings. The number of carbonyl (C=O) groups is 1. The van der Waals surface area contributed by atoms with Crippen molar-refractivity contribution in [2.24, 2.45) is 0 Å². The van der Waals surface area contributed by atoms with Crippen molar-refractivity contribution < 1.29 is 4.79 Å². The molecule has 0 aliphatic carbocycles. The molecule has 2 aliphatic rings. The van der Waals surface area contributed by atoms with Crippen molar-refractivity contribution in [1.82, 2.24) is 30.6 Å². The molecular formula is C23H28N6O2S. The number of nitrogens with one attached hydrogen (secondary N) is 3. The lowest BCUT2D eigenvalue weighted by Crippen LogP contribution is -2.53. The van der Waals surface area contributed by atoms with Gasteiger partial charge >= 0.3 is 0 Å². The van der Waals surface area contributed by atoms with E-state index < -0.39 is 0 Å². The van der Waals surface area contributed by atoms with E-state index in [1.54, 1.807) is 11.3 Å². The van der Waals surface area contributed by atoms with E-state index in [-0.39, 0.29) is 23.6 Å². The van der Waals surface area contributed by atoms with E-state index in [0.29, 0.717) is 30.8 Å². The number of thiophene rings is 1. The van der Waals surface area contributed by atoms with Crippen molar-refractivity contribution in [1.29, 1.82) is 0 Å². The van der Waals surface area contributed by atoms with E-state index in [1.807, 2.05) is 36.9 Å². The fourth-order valence-electron chi connectivity index (χ4n) is 4.55. The van der Waals surface area contributed by atoms with Gasteiger partial charge in [-0.3, -0.25) is 14.5 Å². The van der Waals surface area contributed by atoms with Crippen LogP contribution in [0.25, 0.3) is 10.2 Å². The first-order valence-electron chi connectivity index (χ1n) is 11.1. The summed E-state index contributed by atoms with van der Waals surface area (Å²) in [5, 5.41) is 0.707. The number of piperazine rings is 1. The monoisotopic (exact) mass is 452 g/mol. The Morgan fingerprint density at radius 3 is 2.62 bits per heavy atom.